The average molecular weight is 404 g/mol. The van der Waals surface area contributed by atoms with Crippen LogP contribution in [0.25, 0.3) is 0 Å². The molecule has 8 heteroatoms. The number of carbonyl (C=O) groups is 1. The van der Waals surface area contributed by atoms with Crippen LogP contribution in [0.3, 0.4) is 0 Å². The number of halogens is 2. The van der Waals surface area contributed by atoms with Crippen molar-refractivity contribution >= 4 is 56.5 Å². The molecule has 0 saturated heterocycles. The van der Waals surface area contributed by atoms with Crippen molar-refractivity contribution in [1.82, 2.24) is 0 Å². The second kappa shape index (κ2) is 7.78. The lowest BCUT2D eigenvalue weighted by molar-refractivity contribution is 0.0994. The number of Topliss-reactive ketones (excluding diaryl/α,β-unsaturated/α-hetero) is 1. The van der Waals surface area contributed by atoms with Crippen LogP contribution in [0.1, 0.15) is 17.3 Å². The molecular weight excluding hydrogens is 389 g/mol. The zero-order valence-electron chi connectivity index (χ0n) is 12.9. The maximum Gasteiger partial charge on any atom is 0.229 e. The standard InChI is InChI=1S/C16H15Cl2NO3S2/c1-10(23-15-9-12(17)5-8-14(15)18)16(20)11-3-6-13(7-4-11)19-24(2,21)22/h3-10,19H,1-2H3/t10-/m0/s1. The molecule has 0 aliphatic rings. The van der Waals surface area contributed by atoms with Crippen LogP contribution < -0.4 is 4.72 Å². The fourth-order valence-corrected chi connectivity index (χ4v) is 4.01. The highest BCUT2D eigenvalue weighted by atomic mass is 35.5. The Hall–Kier alpha value is -1.21. The third kappa shape index (κ3) is 5.41. The number of hydrogen-bond donors (Lipinski definition) is 1. The highest BCUT2D eigenvalue weighted by molar-refractivity contribution is 8.00. The summed E-state index contributed by atoms with van der Waals surface area (Å²) in [6.07, 6.45) is 1.07. The molecule has 24 heavy (non-hydrogen) atoms. The van der Waals surface area contributed by atoms with Crippen LogP contribution in [0.15, 0.2) is 47.4 Å². The van der Waals surface area contributed by atoms with Crippen molar-refractivity contribution in [2.24, 2.45) is 0 Å². The minimum absolute atomic E-state index is 0.0815. The fraction of sp³-hybridized carbons (Fsp3) is 0.188. The number of rotatable bonds is 6. The van der Waals surface area contributed by atoms with E-state index in [1.807, 2.05) is 0 Å². The number of anilines is 1. The molecule has 0 aliphatic heterocycles. The quantitative estimate of drug-likeness (QED) is 0.559. The van der Waals surface area contributed by atoms with E-state index in [4.69, 9.17) is 23.2 Å². The van der Waals surface area contributed by atoms with Crippen LogP contribution in [-0.4, -0.2) is 25.7 Å². The van der Waals surface area contributed by atoms with Gasteiger partial charge in [0.15, 0.2) is 5.78 Å². The molecule has 0 fully saturated rings. The molecule has 4 nitrogen and oxygen atoms in total. The zero-order chi connectivity index (χ0) is 17.9. The normalized spacial score (nSPS) is 12.7. The highest BCUT2D eigenvalue weighted by Crippen LogP contribution is 2.33. The van der Waals surface area contributed by atoms with Crippen molar-refractivity contribution in [1.29, 1.82) is 0 Å². The van der Waals surface area contributed by atoms with Gasteiger partial charge in [0, 0.05) is 21.2 Å². The van der Waals surface area contributed by atoms with Crippen molar-refractivity contribution in [2.45, 2.75) is 17.1 Å². The first-order valence-corrected chi connectivity index (χ1v) is 10.4. The van der Waals surface area contributed by atoms with E-state index in [1.54, 1.807) is 49.4 Å². The molecule has 0 spiro atoms. The predicted molar refractivity (Wildman–Crippen MR) is 101 cm³/mol. The number of ketones is 1. The van der Waals surface area contributed by atoms with E-state index in [9.17, 15) is 13.2 Å². The Kier molecular flexibility index (Phi) is 6.20. The van der Waals surface area contributed by atoms with Crippen LogP contribution >= 0.6 is 35.0 Å². The van der Waals surface area contributed by atoms with E-state index in [0.29, 0.717) is 21.3 Å². The molecule has 2 aromatic carbocycles. The largest absolute Gasteiger partial charge is 0.293 e. The topological polar surface area (TPSA) is 63.2 Å². The smallest absolute Gasteiger partial charge is 0.229 e. The Labute approximate surface area is 155 Å². The van der Waals surface area contributed by atoms with Gasteiger partial charge in [0.2, 0.25) is 10.0 Å². The van der Waals surface area contributed by atoms with Crippen LogP contribution in [0, 0.1) is 0 Å². The fourth-order valence-electron chi connectivity index (χ4n) is 1.96. The number of sulfonamides is 1. The first kappa shape index (κ1) is 19.1. The van der Waals surface area contributed by atoms with Gasteiger partial charge in [0.25, 0.3) is 0 Å². The van der Waals surface area contributed by atoms with Gasteiger partial charge in [0.1, 0.15) is 0 Å². The lowest BCUT2D eigenvalue weighted by atomic mass is 10.1. The molecule has 2 aromatic rings. The number of benzene rings is 2. The van der Waals surface area contributed by atoms with Gasteiger partial charge in [-0.2, -0.15) is 0 Å². The Morgan fingerprint density at radius 3 is 2.33 bits per heavy atom. The lowest BCUT2D eigenvalue weighted by Gasteiger charge is -2.12. The molecule has 0 amide bonds. The van der Waals surface area contributed by atoms with E-state index in [-0.39, 0.29) is 11.0 Å². The van der Waals surface area contributed by atoms with E-state index in [0.717, 1.165) is 11.2 Å². The molecular formula is C16H15Cl2NO3S2. The Bertz CT molecular complexity index is 852. The Morgan fingerprint density at radius 1 is 1.12 bits per heavy atom. The monoisotopic (exact) mass is 403 g/mol. The van der Waals surface area contributed by atoms with Gasteiger partial charge in [-0.1, -0.05) is 23.2 Å². The lowest BCUT2D eigenvalue weighted by Crippen LogP contribution is -2.14. The average Bonchev–Trinajstić information content (AvgIpc) is 2.49. The summed E-state index contributed by atoms with van der Waals surface area (Å²) >= 11 is 13.4. The van der Waals surface area contributed by atoms with Gasteiger partial charge in [-0.05, 0) is 49.4 Å². The first-order valence-electron chi connectivity index (χ1n) is 6.89. The molecule has 0 aromatic heterocycles. The van der Waals surface area contributed by atoms with Gasteiger partial charge in [-0.3, -0.25) is 9.52 Å². The van der Waals surface area contributed by atoms with Crippen molar-refractivity contribution in [3.05, 3.63) is 58.1 Å². The predicted octanol–water partition coefficient (Wildman–Crippen LogP) is 4.73. The summed E-state index contributed by atoms with van der Waals surface area (Å²) < 4.78 is 24.7. The summed E-state index contributed by atoms with van der Waals surface area (Å²) in [6.45, 7) is 1.78. The molecule has 0 saturated carbocycles. The summed E-state index contributed by atoms with van der Waals surface area (Å²) in [5, 5.41) is 0.726. The van der Waals surface area contributed by atoms with Gasteiger partial charge >= 0.3 is 0 Å². The van der Waals surface area contributed by atoms with E-state index < -0.39 is 10.0 Å². The molecule has 0 heterocycles. The number of nitrogens with one attached hydrogen (secondary N) is 1. The summed E-state index contributed by atoms with van der Waals surface area (Å²) in [7, 11) is -3.34. The molecule has 0 unspecified atom stereocenters. The Balaban J connectivity index is 2.11. The van der Waals surface area contributed by atoms with Gasteiger partial charge in [0.05, 0.1) is 16.5 Å². The number of hydrogen-bond acceptors (Lipinski definition) is 4. The summed E-state index contributed by atoms with van der Waals surface area (Å²) in [5.41, 5.74) is 0.902. The maximum absolute atomic E-state index is 12.5. The minimum atomic E-state index is -3.34. The van der Waals surface area contributed by atoms with E-state index >= 15 is 0 Å². The van der Waals surface area contributed by atoms with Crippen molar-refractivity contribution in [2.75, 3.05) is 11.0 Å². The van der Waals surface area contributed by atoms with Gasteiger partial charge in [-0.15, -0.1) is 11.8 Å². The maximum atomic E-state index is 12.5. The van der Waals surface area contributed by atoms with Crippen molar-refractivity contribution < 1.29 is 13.2 Å². The zero-order valence-corrected chi connectivity index (χ0v) is 16.1. The molecule has 1 atom stereocenters. The third-order valence-electron chi connectivity index (χ3n) is 3.04. The summed E-state index contributed by atoms with van der Waals surface area (Å²) in [6, 6.07) is 11.4. The SMILES string of the molecule is C[C@H](Sc1cc(Cl)ccc1Cl)C(=O)c1ccc(NS(C)(=O)=O)cc1. The Morgan fingerprint density at radius 2 is 1.75 bits per heavy atom. The molecule has 0 aliphatic carbocycles. The van der Waals surface area contributed by atoms with Crippen LogP contribution in [0.4, 0.5) is 5.69 Å². The van der Waals surface area contributed by atoms with Crippen molar-refractivity contribution in [3.8, 4) is 0 Å². The highest BCUT2D eigenvalue weighted by Gasteiger charge is 2.18. The van der Waals surface area contributed by atoms with Crippen molar-refractivity contribution in [3.63, 3.8) is 0 Å². The van der Waals surface area contributed by atoms with E-state index in [2.05, 4.69) is 4.72 Å². The molecule has 0 bridgehead atoms. The molecule has 128 valence electrons. The molecule has 2 rings (SSSR count). The second-order valence-corrected chi connectivity index (χ2v) is 9.13. The van der Waals surface area contributed by atoms with Crippen LogP contribution in [-0.2, 0) is 10.0 Å². The van der Waals surface area contributed by atoms with Gasteiger partial charge < -0.3 is 0 Å². The van der Waals surface area contributed by atoms with Gasteiger partial charge in [-0.25, -0.2) is 8.42 Å². The van der Waals surface area contributed by atoms with E-state index in [1.165, 1.54) is 11.8 Å². The first-order chi connectivity index (χ1) is 11.2. The van der Waals surface area contributed by atoms with Crippen LogP contribution in [0.2, 0.25) is 10.0 Å². The summed E-state index contributed by atoms with van der Waals surface area (Å²) in [5.74, 6) is -0.0815. The number of carbonyl (C=O) groups excluding carboxylic acids is 1. The molecule has 0 radical (unpaired) electrons. The third-order valence-corrected chi connectivity index (χ3v) is 5.48. The van der Waals surface area contributed by atoms with Crippen LogP contribution in [0.5, 0.6) is 0 Å². The molecule has 1 N–H and O–H groups in total. The summed E-state index contributed by atoms with van der Waals surface area (Å²) in [4.78, 5) is 13.2. The second-order valence-electron chi connectivity index (χ2n) is 5.15. The minimum Gasteiger partial charge on any atom is -0.293 e. The number of thioether (sulfide) groups is 1.